The number of benzene rings is 2. The Bertz CT molecular complexity index is 698. The van der Waals surface area contributed by atoms with Crippen LogP contribution in [0.15, 0.2) is 36.4 Å². The highest BCUT2D eigenvalue weighted by Gasteiger charge is 2.20. The Kier molecular flexibility index (Phi) is 3.93. The van der Waals surface area contributed by atoms with E-state index in [1.54, 1.807) is 38.1 Å². The summed E-state index contributed by atoms with van der Waals surface area (Å²) in [5.74, 6) is -2.22. The maximum absolute atomic E-state index is 12.2. The van der Waals surface area contributed by atoms with Crippen molar-refractivity contribution in [3.8, 4) is 11.5 Å². The first-order valence-corrected chi connectivity index (χ1v) is 6.25. The molecule has 0 aliphatic heterocycles. The van der Waals surface area contributed by atoms with Gasteiger partial charge in [-0.3, -0.25) is 0 Å². The molecule has 0 aliphatic rings. The van der Waals surface area contributed by atoms with Crippen LogP contribution in [0, 0.1) is 13.8 Å². The van der Waals surface area contributed by atoms with Gasteiger partial charge in [0, 0.05) is 0 Å². The maximum Gasteiger partial charge on any atom is 0.347 e. The van der Waals surface area contributed by atoms with Crippen molar-refractivity contribution in [3.63, 3.8) is 0 Å². The van der Waals surface area contributed by atoms with Gasteiger partial charge < -0.3 is 14.9 Å². The standard InChI is InChI=1S/C16H14O5/c1-9-5-3-7-11(17)13(9)16(20)21-12-8-4-6-10(2)14(12)15(18)19/h3-8,17H,1-2H3,(H,18,19). The van der Waals surface area contributed by atoms with E-state index in [0.29, 0.717) is 11.1 Å². The Morgan fingerprint density at radius 1 is 0.952 bits per heavy atom. The second kappa shape index (κ2) is 5.66. The summed E-state index contributed by atoms with van der Waals surface area (Å²) in [5, 5.41) is 19.0. The minimum Gasteiger partial charge on any atom is -0.507 e. The van der Waals surface area contributed by atoms with Crippen molar-refractivity contribution in [3.05, 3.63) is 58.7 Å². The van der Waals surface area contributed by atoms with Gasteiger partial charge in [-0.1, -0.05) is 24.3 Å². The summed E-state index contributed by atoms with van der Waals surface area (Å²) in [4.78, 5) is 23.4. The normalized spacial score (nSPS) is 10.2. The van der Waals surface area contributed by atoms with Crippen molar-refractivity contribution in [1.82, 2.24) is 0 Å². The van der Waals surface area contributed by atoms with Crippen molar-refractivity contribution in [1.29, 1.82) is 0 Å². The fraction of sp³-hybridized carbons (Fsp3) is 0.125. The van der Waals surface area contributed by atoms with Crippen LogP contribution in [0.1, 0.15) is 31.8 Å². The Balaban J connectivity index is 2.42. The molecule has 5 nitrogen and oxygen atoms in total. The molecule has 0 aromatic heterocycles. The van der Waals surface area contributed by atoms with Gasteiger partial charge in [0.2, 0.25) is 0 Å². The molecule has 0 amide bonds. The lowest BCUT2D eigenvalue weighted by atomic mass is 10.1. The summed E-state index contributed by atoms with van der Waals surface area (Å²) >= 11 is 0. The van der Waals surface area contributed by atoms with Crippen LogP contribution in [0.2, 0.25) is 0 Å². The molecule has 0 saturated carbocycles. The fourth-order valence-corrected chi connectivity index (χ4v) is 2.07. The molecule has 0 saturated heterocycles. The van der Waals surface area contributed by atoms with E-state index in [9.17, 15) is 19.8 Å². The Labute approximate surface area is 121 Å². The molecule has 0 fully saturated rings. The SMILES string of the molecule is Cc1cccc(O)c1C(=O)Oc1cccc(C)c1C(=O)O. The number of carbonyl (C=O) groups is 2. The first-order valence-electron chi connectivity index (χ1n) is 6.25. The van der Waals surface area contributed by atoms with Crippen LogP contribution in [0.4, 0.5) is 0 Å². The lowest BCUT2D eigenvalue weighted by Gasteiger charge is -2.11. The molecule has 0 heterocycles. The first-order chi connectivity index (χ1) is 9.91. The third kappa shape index (κ3) is 2.86. The molecular weight excluding hydrogens is 272 g/mol. The number of carbonyl (C=O) groups excluding carboxylic acids is 1. The van der Waals surface area contributed by atoms with E-state index in [-0.39, 0.29) is 22.6 Å². The first kappa shape index (κ1) is 14.6. The second-order valence-corrected chi connectivity index (χ2v) is 4.61. The molecule has 2 rings (SSSR count). The number of hydrogen-bond donors (Lipinski definition) is 2. The lowest BCUT2D eigenvalue weighted by molar-refractivity contribution is 0.0680. The van der Waals surface area contributed by atoms with E-state index in [1.165, 1.54) is 12.1 Å². The molecule has 0 bridgehead atoms. The van der Waals surface area contributed by atoms with E-state index < -0.39 is 11.9 Å². The molecule has 2 aromatic rings. The molecule has 5 heteroatoms. The van der Waals surface area contributed by atoms with E-state index in [0.717, 1.165) is 0 Å². The van der Waals surface area contributed by atoms with E-state index in [4.69, 9.17) is 4.74 Å². The number of esters is 1. The molecule has 2 aromatic carbocycles. The van der Waals surface area contributed by atoms with Crippen LogP contribution < -0.4 is 4.74 Å². The zero-order valence-corrected chi connectivity index (χ0v) is 11.6. The van der Waals surface area contributed by atoms with Gasteiger partial charge in [-0.2, -0.15) is 0 Å². The summed E-state index contributed by atoms with van der Waals surface area (Å²) < 4.78 is 5.16. The predicted molar refractivity (Wildman–Crippen MR) is 75.9 cm³/mol. The van der Waals surface area contributed by atoms with Crippen LogP contribution in [0.25, 0.3) is 0 Å². The van der Waals surface area contributed by atoms with Crippen molar-refractivity contribution in [2.24, 2.45) is 0 Å². The Morgan fingerprint density at radius 2 is 1.52 bits per heavy atom. The summed E-state index contributed by atoms with van der Waals surface area (Å²) in [6, 6.07) is 9.26. The Hall–Kier alpha value is -2.82. The molecule has 0 aliphatic carbocycles. The smallest absolute Gasteiger partial charge is 0.347 e. The van der Waals surface area contributed by atoms with Crippen molar-refractivity contribution >= 4 is 11.9 Å². The second-order valence-electron chi connectivity index (χ2n) is 4.61. The lowest BCUT2D eigenvalue weighted by Crippen LogP contribution is -2.13. The summed E-state index contributed by atoms with van der Waals surface area (Å²) in [7, 11) is 0. The largest absolute Gasteiger partial charge is 0.507 e. The highest BCUT2D eigenvalue weighted by atomic mass is 16.5. The molecule has 108 valence electrons. The van der Waals surface area contributed by atoms with E-state index in [1.807, 2.05) is 0 Å². The number of aromatic carboxylic acids is 1. The minimum atomic E-state index is -1.18. The van der Waals surface area contributed by atoms with Crippen molar-refractivity contribution < 1.29 is 24.5 Å². The zero-order chi connectivity index (χ0) is 15.6. The monoisotopic (exact) mass is 286 g/mol. The third-order valence-electron chi connectivity index (χ3n) is 3.11. The molecule has 0 atom stereocenters. The molecule has 0 spiro atoms. The van der Waals surface area contributed by atoms with Gasteiger partial charge in [-0.15, -0.1) is 0 Å². The number of ether oxygens (including phenoxy) is 1. The molecular formula is C16H14O5. The van der Waals surface area contributed by atoms with Crippen LogP contribution in [0.3, 0.4) is 0 Å². The van der Waals surface area contributed by atoms with E-state index in [2.05, 4.69) is 0 Å². The number of aromatic hydroxyl groups is 1. The number of carboxylic acids is 1. The van der Waals surface area contributed by atoms with Crippen LogP contribution in [-0.2, 0) is 0 Å². The quantitative estimate of drug-likeness (QED) is 0.669. The minimum absolute atomic E-state index is 0.0235. The molecule has 2 N–H and O–H groups in total. The number of carboxylic acid groups (broad SMARTS) is 1. The molecule has 21 heavy (non-hydrogen) atoms. The fourth-order valence-electron chi connectivity index (χ4n) is 2.07. The van der Waals surface area contributed by atoms with Gasteiger partial charge in [0.05, 0.1) is 0 Å². The number of phenols is 1. The van der Waals surface area contributed by atoms with Crippen LogP contribution in [0.5, 0.6) is 11.5 Å². The Morgan fingerprint density at radius 3 is 2.10 bits per heavy atom. The third-order valence-corrected chi connectivity index (χ3v) is 3.11. The van der Waals surface area contributed by atoms with Gasteiger partial charge in [-0.25, -0.2) is 9.59 Å². The molecule has 0 unspecified atom stereocenters. The maximum atomic E-state index is 12.2. The summed E-state index contributed by atoms with van der Waals surface area (Å²) in [6.45, 7) is 3.27. The van der Waals surface area contributed by atoms with Crippen molar-refractivity contribution in [2.75, 3.05) is 0 Å². The summed E-state index contributed by atoms with van der Waals surface area (Å²) in [5.41, 5.74) is 0.987. The van der Waals surface area contributed by atoms with Crippen LogP contribution >= 0.6 is 0 Å². The van der Waals surface area contributed by atoms with Gasteiger partial charge >= 0.3 is 11.9 Å². The highest BCUT2D eigenvalue weighted by molar-refractivity contribution is 5.98. The zero-order valence-electron chi connectivity index (χ0n) is 11.6. The topological polar surface area (TPSA) is 83.8 Å². The number of aryl methyl sites for hydroxylation is 2. The number of phenolic OH excluding ortho intramolecular Hbond substituents is 1. The van der Waals surface area contributed by atoms with Crippen molar-refractivity contribution in [2.45, 2.75) is 13.8 Å². The van der Waals surface area contributed by atoms with Crippen LogP contribution in [-0.4, -0.2) is 22.2 Å². The average Bonchev–Trinajstić information content (AvgIpc) is 2.37. The average molecular weight is 286 g/mol. The summed E-state index contributed by atoms with van der Waals surface area (Å²) in [6.07, 6.45) is 0. The van der Waals surface area contributed by atoms with Gasteiger partial charge in [0.25, 0.3) is 0 Å². The van der Waals surface area contributed by atoms with E-state index >= 15 is 0 Å². The number of rotatable bonds is 3. The number of hydrogen-bond acceptors (Lipinski definition) is 4. The van der Waals surface area contributed by atoms with Gasteiger partial charge in [0.1, 0.15) is 22.6 Å². The van der Waals surface area contributed by atoms with Gasteiger partial charge in [-0.05, 0) is 37.1 Å². The highest BCUT2D eigenvalue weighted by Crippen LogP contribution is 2.26. The van der Waals surface area contributed by atoms with Gasteiger partial charge in [0.15, 0.2) is 0 Å². The predicted octanol–water partition coefficient (Wildman–Crippen LogP) is 2.93. The molecule has 0 radical (unpaired) electrons.